The molecule has 1 aliphatic rings. The van der Waals surface area contributed by atoms with Crippen LogP contribution in [-0.4, -0.2) is 41.4 Å². The van der Waals surface area contributed by atoms with E-state index in [1.807, 2.05) is 0 Å². The summed E-state index contributed by atoms with van der Waals surface area (Å²) in [6.45, 7) is 3.53. The van der Waals surface area contributed by atoms with E-state index in [0.717, 1.165) is 18.7 Å². The summed E-state index contributed by atoms with van der Waals surface area (Å²) in [7, 11) is 0. The van der Waals surface area contributed by atoms with Gasteiger partial charge in [0.25, 0.3) is 0 Å². The molecule has 0 radical (unpaired) electrons. The summed E-state index contributed by atoms with van der Waals surface area (Å²) in [4.78, 5) is 2.18. The predicted octanol–water partition coefficient (Wildman–Crippen LogP) is 1.96. The van der Waals surface area contributed by atoms with Crippen LogP contribution in [0.3, 0.4) is 0 Å². The molecule has 0 unspecified atom stereocenters. The first-order chi connectivity index (χ1) is 11.1. The van der Waals surface area contributed by atoms with Crippen LogP contribution in [0.4, 0.5) is 27.4 Å². The van der Waals surface area contributed by atoms with Gasteiger partial charge in [-0.2, -0.15) is 5.10 Å². The van der Waals surface area contributed by atoms with Gasteiger partial charge in [0.05, 0.1) is 18.9 Å². The number of ether oxygens (including phenoxy) is 1. The van der Waals surface area contributed by atoms with Crippen molar-refractivity contribution in [2.75, 3.05) is 37.8 Å². The molecule has 122 valence electrons. The molecule has 0 spiro atoms. The summed E-state index contributed by atoms with van der Waals surface area (Å²) >= 11 is 0. The van der Waals surface area contributed by atoms with Crippen molar-refractivity contribution in [2.45, 2.75) is 6.54 Å². The van der Waals surface area contributed by atoms with Crippen LogP contribution in [0.2, 0.25) is 0 Å². The summed E-state index contributed by atoms with van der Waals surface area (Å²) in [6, 6.07) is 4.40. The van der Waals surface area contributed by atoms with Crippen molar-refractivity contribution in [1.82, 2.24) is 15.1 Å². The Kier molecular flexibility index (Phi) is 4.49. The Hall–Kier alpha value is -2.52. The van der Waals surface area contributed by atoms with Crippen molar-refractivity contribution in [3.63, 3.8) is 0 Å². The topological polar surface area (TPSA) is 118 Å². The number of anilines is 2. The number of nitrogens with two attached hydrogens (primary N) is 2. The standard InChI is InChI=1S/C14H18FN7O/c15-10-1-2-11(18-19-12-13(16)20-21-14(12)17)9(7-10)8-22-3-5-23-6-4-22/h1-2,7H,3-6,8H2,(H5,16,17,20,21). The zero-order valence-electron chi connectivity index (χ0n) is 12.5. The third-order valence-electron chi connectivity index (χ3n) is 3.59. The van der Waals surface area contributed by atoms with E-state index in [0.29, 0.717) is 25.4 Å². The van der Waals surface area contributed by atoms with E-state index in [2.05, 4.69) is 25.3 Å². The third-order valence-corrected chi connectivity index (χ3v) is 3.59. The molecule has 1 fully saturated rings. The van der Waals surface area contributed by atoms with Gasteiger partial charge >= 0.3 is 0 Å². The average Bonchev–Trinajstić information content (AvgIpc) is 2.86. The van der Waals surface area contributed by atoms with Crippen molar-refractivity contribution in [2.24, 2.45) is 10.2 Å². The molecule has 1 aromatic carbocycles. The van der Waals surface area contributed by atoms with Gasteiger partial charge in [0.1, 0.15) is 11.6 Å². The Morgan fingerprint density at radius 1 is 1.26 bits per heavy atom. The van der Waals surface area contributed by atoms with E-state index < -0.39 is 0 Å². The highest BCUT2D eigenvalue weighted by Gasteiger charge is 2.14. The van der Waals surface area contributed by atoms with Crippen LogP contribution in [-0.2, 0) is 11.3 Å². The monoisotopic (exact) mass is 319 g/mol. The van der Waals surface area contributed by atoms with Crippen LogP contribution in [0.5, 0.6) is 0 Å². The molecule has 1 aromatic heterocycles. The van der Waals surface area contributed by atoms with Gasteiger partial charge in [0, 0.05) is 19.6 Å². The first-order valence-electron chi connectivity index (χ1n) is 7.23. The zero-order valence-corrected chi connectivity index (χ0v) is 12.5. The number of azo groups is 1. The Balaban J connectivity index is 1.83. The Morgan fingerprint density at radius 3 is 2.74 bits per heavy atom. The lowest BCUT2D eigenvalue weighted by Crippen LogP contribution is -2.35. The Morgan fingerprint density at radius 2 is 2.04 bits per heavy atom. The number of nitrogens with zero attached hydrogens (tertiary/aromatic N) is 4. The summed E-state index contributed by atoms with van der Waals surface area (Å²) in [5.74, 6) is 0.0979. The van der Waals surface area contributed by atoms with Gasteiger partial charge in [0.2, 0.25) is 0 Å². The maximum absolute atomic E-state index is 13.6. The maximum atomic E-state index is 13.6. The van der Waals surface area contributed by atoms with Crippen LogP contribution in [0.15, 0.2) is 28.4 Å². The zero-order chi connectivity index (χ0) is 16.2. The van der Waals surface area contributed by atoms with Crippen molar-refractivity contribution < 1.29 is 9.13 Å². The highest BCUT2D eigenvalue weighted by Crippen LogP contribution is 2.30. The SMILES string of the molecule is Nc1n[nH]c(N)c1N=Nc1ccc(F)cc1CN1CCOCC1. The maximum Gasteiger partial charge on any atom is 0.175 e. The molecule has 0 atom stereocenters. The van der Waals surface area contributed by atoms with Gasteiger partial charge in [-0.05, 0) is 23.8 Å². The quantitative estimate of drug-likeness (QED) is 0.744. The van der Waals surface area contributed by atoms with Crippen molar-refractivity contribution in [3.8, 4) is 0 Å². The first-order valence-corrected chi connectivity index (χ1v) is 7.23. The number of rotatable bonds is 4. The molecule has 1 aliphatic heterocycles. The van der Waals surface area contributed by atoms with E-state index in [9.17, 15) is 4.39 Å². The number of aromatic amines is 1. The smallest absolute Gasteiger partial charge is 0.175 e. The van der Waals surface area contributed by atoms with Gasteiger partial charge in [-0.1, -0.05) is 0 Å². The van der Waals surface area contributed by atoms with Crippen LogP contribution < -0.4 is 11.5 Å². The van der Waals surface area contributed by atoms with Crippen molar-refractivity contribution in [1.29, 1.82) is 0 Å². The minimum atomic E-state index is -0.311. The number of hydrogen-bond acceptors (Lipinski definition) is 7. The summed E-state index contributed by atoms with van der Waals surface area (Å²) in [5.41, 5.74) is 12.9. The molecule has 2 heterocycles. The highest BCUT2D eigenvalue weighted by atomic mass is 19.1. The Bertz CT molecular complexity index is 690. The van der Waals surface area contributed by atoms with Crippen molar-refractivity contribution in [3.05, 3.63) is 29.6 Å². The molecule has 5 N–H and O–H groups in total. The van der Waals surface area contributed by atoms with Gasteiger partial charge in [-0.25, -0.2) is 4.39 Å². The van der Waals surface area contributed by atoms with E-state index in [1.54, 1.807) is 6.07 Å². The lowest BCUT2D eigenvalue weighted by atomic mass is 10.1. The minimum absolute atomic E-state index is 0.170. The molecule has 23 heavy (non-hydrogen) atoms. The number of nitrogens with one attached hydrogen (secondary N) is 1. The van der Waals surface area contributed by atoms with Gasteiger partial charge < -0.3 is 16.2 Å². The molecule has 0 amide bonds. The average molecular weight is 319 g/mol. The second-order valence-electron chi connectivity index (χ2n) is 5.23. The number of nitrogen functional groups attached to an aromatic ring is 2. The van der Waals surface area contributed by atoms with E-state index in [-0.39, 0.29) is 23.1 Å². The molecular formula is C14H18FN7O. The minimum Gasteiger partial charge on any atom is -0.382 e. The molecule has 3 rings (SSSR count). The number of H-pyrrole nitrogens is 1. The summed E-state index contributed by atoms with van der Waals surface area (Å²) < 4.78 is 18.9. The van der Waals surface area contributed by atoms with Crippen molar-refractivity contribution >= 4 is 23.0 Å². The molecular weight excluding hydrogens is 301 g/mol. The second-order valence-corrected chi connectivity index (χ2v) is 5.23. The van der Waals surface area contributed by atoms with E-state index in [4.69, 9.17) is 16.2 Å². The number of morpholine rings is 1. The van der Waals surface area contributed by atoms with E-state index >= 15 is 0 Å². The van der Waals surface area contributed by atoms with Crippen LogP contribution in [0.1, 0.15) is 5.56 Å². The third kappa shape index (κ3) is 3.63. The number of benzene rings is 1. The molecule has 0 aliphatic carbocycles. The fraction of sp³-hybridized carbons (Fsp3) is 0.357. The second kappa shape index (κ2) is 6.71. The summed E-state index contributed by atoms with van der Waals surface area (Å²) in [6.07, 6.45) is 0. The summed E-state index contributed by atoms with van der Waals surface area (Å²) in [5, 5.41) is 14.5. The fourth-order valence-electron chi connectivity index (χ4n) is 2.35. The molecule has 0 bridgehead atoms. The Labute approximate surface area is 132 Å². The van der Waals surface area contributed by atoms with Gasteiger partial charge in [-0.3, -0.25) is 10.00 Å². The normalized spacial score (nSPS) is 16.2. The largest absolute Gasteiger partial charge is 0.382 e. The van der Waals surface area contributed by atoms with Crippen LogP contribution in [0.25, 0.3) is 0 Å². The van der Waals surface area contributed by atoms with E-state index in [1.165, 1.54) is 12.1 Å². The first kappa shape index (κ1) is 15.4. The number of aromatic nitrogens is 2. The molecule has 8 nitrogen and oxygen atoms in total. The lowest BCUT2D eigenvalue weighted by molar-refractivity contribution is 0.0342. The lowest BCUT2D eigenvalue weighted by Gasteiger charge is -2.26. The predicted molar refractivity (Wildman–Crippen MR) is 84.1 cm³/mol. The number of halogens is 1. The molecule has 2 aromatic rings. The fourth-order valence-corrected chi connectivity index (χ4v) is 2.35. The van der Waals surface area contributed by atoms with Crippen LogP contribution in [0, 0.1) is 5.82 Å². The number of hydrogen-bond donors (Lipinski definition) is 3. The molecule has 9 heteroatoms. The highest BCUT2D eigenvalue weighted by molar-refractivity contribution is 5.70. The molecule has 0 saturated carbocycles. The molecule has 1 saturated heterocycles. The van der Waals surface area contributed by atoms with Crippen LogP contribution >= 0.6 is 0 Å². The van der Waals surface area contributed by atoms with Gasteiger partial charge in [0.15, 0.2) is 11.5 Å². The van der Waals surface area contributed by atoms with Gasteiger partial charge in [-0.15, -0.1) is 10.2 Å².